The number of aliphatic hydroxyl groups excluding tert-OH is 1. The minimum absolute atomic E-state index is 0.0265. The number of esters is 1. The molecule has 1 aliphatic carbocycles. The van der Waals surface area contributed by atoms with E-state index in [1.54, 1.807) is 58.9 Å². The Hall–Kier alpha value is -4.32. The van der Waals surface area contributed by atoms with Crippen LogP contribution in [0.4, 0.5) is 14.9 Å². The molecule has 0 radical (unpaired) electrons. The van der Waals surface area contributed by atoms with Gasteiger partial charge in [0.1, 0.15) is 30.2 Å². The molecule has 15 unspecified atom stereocenters. The van der Waals surface area contributed by atoms with E-state index in [9.17, 15) is 34.2 Å². The Bertz CT molecular complexity index is 1960. The van der Waals surface area contributed by atoms with Crippen molar-refractivity contribution in [1.29, 1.82) is 0 Å². The van der Waals surface area contributed by atoms with Gasteiger partial charge >= 0.3 is 12.0 Å². The molecule has 15 atom stereocenters. The second-order valence-corrected chi connectivity index (χ2v) is 19.5. The molecule has 68 heavy (non-hydrogen) atoms. The number of benzene rings is 1. The highest BCUT2D eigenvalue weighted by Gasteiger charge is 2.57. The van der Waals surface area contributed by atoms with E-state index in [0.717, 1.165) is 4.90 Å². The van der Waals surface area contributed by atoms with Crippen LogP contribution in [-0.2, 0) is 42.9 Å². The van der Waals surface area contributed by atoms with Crippen molar-refractivity contribution in [2.45, 2.75) is 166 Å². The molecule has 4 aliphatic rings. The summed E-state index contributed by atoms with van der Waals surface area (Å²) in [5.74, 6) is -9.41. The number of carbonyl (C=O) groups excluding carboxylic acids is 5. The molecule has 3 amide bonds. The van der Waals surface area contributed by atoms with E-state index in [1.807, 2.05) is 31.2 Å². The Morgan fingerprint density at radius 1 is 1.00 bits per heavy atom. The standard InChI is InChI=1S/C52H76FN3O12/c1-10-23-66-42-28-35(20-21-38(42)55-51(62)54-37-17-13-12-14-18-37)24-32(5)46-34(7)40(57)29-41(58)36(11-2)25-30(3)45(53)31(4)26-43(64-8)47-44(65-9)27-33(6)52(63,68-47)48(59)49(60)56-22-16-15-19-39(56)50(61)67-46/h10,12-14,17-18,24-25,31,33-36,38-40,42-47,57,63H,1,11,15-16,19-23,26-29H2,2-9H3,(H2,54,55,62)/b30-25+,32-24?. The van der Waals surface area contributed by atoms with Gasteiger partial charge in [0.15, 0.2) is 0 Å². The number of hydrogen-bond donors (Lipinski definition) is 4. The first-order valence-corrected chi connectivity index (χ1v) is 24.4. The zero-order valence-corrected chi connectivity index (χ0v) is 41.2. The number of urea groups is 1. The third-order valence-electron chi connectivity index (χ3n) is 14.6. The lowest BCUT2D eigenvalue weighted by molar-refractivity contribution is -0.302. The number of piperidine rings is 1. The van der Waals surface area contributed by atoms with Crippen LogP contribution in [0, 0.1) is 29.6 Å². The summed E-state index contributed by atoms with van der Waals surface area (Å²) < 4.78 is 46.7. The van der Waals surface area contributed by atoms with Crippen molar-refractivity contribution >= 4 is 35.2 Å². The number of Topliss-reactive ketones (excluding diaryl/α,β-unsaturated/α-hetero) is 2. The molecule has 1 aromatic carbocycles. The van der Waals surface area contributed by atoms with Crippen molar-refractivity contribution in [2.24, 2.45) is 29.6 Å². The van der Waals surface area contributed by atoms with Crippen LogP contribution in [0.15, 0.2) is 66.3 Å². The average molecular weight is 954 g/mol. The van der Waals surface area contributed by atoms with Crippen molar-refractivity contribution in [3.63, 3.8) is 0 Å². The van der Waals surface area contributed by atoms with Gasteiger partial charge in [-0.2, -0.15) is 0 Å². The zero-order chi connectivity index (χ0) is 49.9. The molecule has 16 heteroatoms. The van der Waals surface area contributed by atoms with Crippen LogP contribution in [0.2, 0.25) is 0 Å². The summed E-state index contributed by atoms with van der Waals surface area (Å²) in [5, 5.41) is 29.9. The number of fused-ring (bicyclic) bond motifs is 3. The number of nitrogens with zero attached hydrogens (tertiary/aromatic N) is 1. The molecule has 15 nitrogen and oxygen atoms in total. The number of methoxy groups -OCH3 is 2. The summed E-state index contributed by atoms with van der Waals surface area (Å²) in [6.45, 7) is 14.2. The number of alkyl halides is 1. The van der Waals surface area contributed by atoms with E-state index in [2.05, 4.69) is 17.2 Å². The second-order valence-electron chi connectivity index (χ2n) is 19.5. The Balaban J connectivity index is 1.49. The van der Waals surface area contributed by atoms with Crippen molar-refractivity contribution in [1.82, 2.24) is 10.2 Å². The van der Waals surface area contributed by atoms with Gasteiger partial charge < -0.3 is 49.4 Å². The highest BCUT2D eigenvalue weighted by Crippen LogP contribution is 2.40. The first-order valence-electron chi connectivity index (χ1n) is 24.4. The van der Waals surface area contributed by atoms with Gasteiger partial charge in [-0.25, -0.2) is 14.0 Å². The number of hydrogen-bond acceptors (Lipinski definition) is 12. The van der Waals surface area contributed by atoms with Crippen LogP contribution >= 0.6 is 0 Å². The third kappa shape index (κ3) is 13.3. The number of halogens is 1. The predicted molar refractivity (Wildman–Crippen MR) is 254 cm³/mol. The van der Waals surface area contributed by atoms with E-state index >= 15 is 4.39 Å². The number of allylic oxidation sites excluding steroid dienone is 3. The fourth-order valence-corrected chi connectivity index (χ4v) is 10.5. The van der Waals surface area contributed by atoms with Crippen molar-refractivity contribution in [2.75, 3.05) is 32.7 Å². The van der Waals surface area contributed by atoms with Crippen molar-refractivity contribution in [3.8, 4) is 0 Å². The predicted octanol–water partition coefficient (Wildman–Crippen LogP) is 6.81. The highest BCUT2D eigenvalue weighted by atomic mass is 19.1. The molecule has 1 saturated carbocycles. The lowest BCUT2D eigenvalue weighted by Gasteiger charge is -2.47. The first kappa shape index (κ1) is 54.6. The Morgan fingerprint density at radius 3 is 2.35 bits per heavy atom. The molecule has 3 heterocycles. The molecule has 5 rings (SSSR count). The number of rotatable bonds is 10. The second kappa shape index (κ2) is 25.0. The maximum absolute atomic E-state index is 16.4. The number of carbonyl (C=O) groups is 5. The lowest BCUT2D eigenvalue weighted by Crippen LogP contribution is -2.64. The lowest BCUT2D eigenvalue weighted by atomic mass is 9.80. The maximum Gasteiger partial charge on any atom is 0.329 e. The van der Waals surface area contributed by atoms with Gasteiger partial charge in [0.2, 0.25) is 5.79 Å². The van der Waals surface area contributed by atoms with E-state index in [-0.39, 0.29) is 62.6 Å². The van der Waals surface area contributed by atoms with Gasteiger partial charge in [-0.3, -0.25) is 14.4 Å². The first-order chi connectivity index (χ1) is 32.4. The smallest absolute Gasteiger partial charge is 0.329 e. The van der Waals surface area contributed by atoms with Crippen LogP contribution in [-0.4, -0.2) is 133 Å². The molecule has 2 bridgehead atoms. The molecule has 3 fully saturated rings. The quantitative estimate of drug-likeness (QED) is 0.109. The summed E-state index contributed by atoms with van der Waals surface area (Å²) in [7, 11) is 2.87. The van der Waals surface area contributed by atoms with Crippen LogP contribution in [0.25, 0.3) is 0 Å². The largest absolute Gasteiger partial charge is 0.456 e. The SMILES string of the molecule is C=CCOC1CC(C=C(C)C2OC(=O)C3CCCCN3C(=O)C(=O)C3(O)OC(C(OC)CC(C)C(F)/C(C)=C/C(CC)C(=O)CC(O)C2C)C(OC)CC3C)CCC1NC(=O)Nc1ccccc1. The van der Waals surface area contributed by atoms with E-state index in [1.165, 1.54) is 14.2 Å². The number of anilines is 1. The fraction of sp³-hybridized carbons (Fsp3) is 0.673. The van der Waals surface area contributed by atoms with Gasteiger partial charge in [0.05, 0.1) is 37.1 Å². The maximum atomic E-state index is 16.4. The highest BCUT2D eigenvalue weighted by molar-refractivity contribution is 6.39. The van der Waals surface area contributed by atoms with Gasteiger partial charge in [-0.05, 0) is 107 Å². The summed E-state index contributed by atoms with van der Waals surface area (Å²) >= 11 is 0. The Kier molecular flexibility index (Phi) is 20.1. The van der Waals surface area contributed by atoms with E-state index < -0.39 is 96.0 Å². The number of ether oxygens (including phenoxy) is 5. The van der Waals surface area contributed by atoms with E-state index in [4.69, 9.17) is 23.7 Å². The molecular weight excluding hydrogens is 878 g/mol. The van der Waals surface area contributed by atoms with Gasteiger partial charge in [-0.1, -0.05) is 64.1 Å². The number of para-hydroxylation sites is 1. The molecule has 0 aromatic heterocycles. The minimum Gasteiger partial charge on any atom is -0.456 e. The molecule has 4 N–H and O–H groups in total. The van der Waals surface area contributed by atoms with Crippen molar-refractivity contribution in [3.05, 3.63) is 66.3 Å². The normalized spacial score (nSPS) is 37.1. The number of ketones is 2. The monoisotopic (exact) mass is 954 g/mol. The summed E-state index contributed by atoms with van der Waals surface area (Å²) in [4.78, 5) is 71.5. The summed E-state index contributed by atoms with van der Waals surface area (Å²) in [5.41, 5.74) is 1.55. The van der Waals surface area contributed by atoms with Crippen LogP contribution in [0.5, 0.6) is 0 Å². The van der Waals surface area contributed by atoms with E-state index in [0.29, 0.717) is 55.4 Å². The Labute approximate surface area is 401 Å². The number of amides is 3. The van der Waals surface area contributed by atoms with Gasteiger partial charge in [0, 0.05) is 50.6 Å². The molecule has 2 saturated heterocycles. The number of cyclic esters (lactones) is 1. The average Bonchev–Trinajstić information content (AvgIpc) is 3.33. The van der Waals surface area contributed by atoms with Gasteiger partial charge in [-0.15, -0.1) is 6.58 Å². The van der Waals surface area contributed by atoms with Gasteiger partial charge in [0.25, 0.3) is 11.7 Å². The Morgan fingerprint density at radius 2 is 1.69 bits per heavy atom. The topological polar surface area (TPSA) is 199 Å². The summed E-state index contributed by atoms with van der Waals surface area (Å²) in [6.07, 6.45) is 1.31. The molecule has 1 aromatic rings. The minimum atomic E-state index is -2.63. The molecule has 3 aliphatic heterocycles. The molecule has 0 spiro atoms. The van der Waals surface area contributed by atoms with Crippen LogP contribution in [0.3, 0.4) is 0 Å². The molecular formula is C52H76FN3O12. The van der Waals surface area contributed by atoms with Crippen molar-refractivity contribution < 1.29 is 62.3 Å². The number of nitrogens with one attached hydrogen (secondary N) is 2. The zero-order valence-electron chi connectivity index (χ0n) is 41.2. The third-order valence-corrected chi connectivity index (χ3v) is 14.6. The molecule has 378 valence electrons. The van der Waals surface area contributed by atoms with Crippen LogP contribution in [0.1, 0.15) is 106 Å². The number of aliphatic hydroxyl groups is 2. The van der Waals surface area contributed by atoms with Crippen LogP contribution < -0.4 is 10.6 Å². The summed E-state index contributed by atoms with van der Waals surface area (Å²) in [6, 6.07) is 7.18. The fourth-order valence-electron chi connectivity index (χ4n) is 10.5.